The fourth-order valence-corrected chi connectivity index (χ4v) is 2.33. The van der Waals surface area contributed by atoms with Crippen LogP contribution in [0.4, 0.5) is 18.9 Å². The second-order valence-electron chi connectivity index (χ2n) is 5.52. The van der Waals surface area contributed by atoms with Gasteiger partial charge < -0.3 is 4.90 Å². The number of alkyl halides is 3. The minimum atomic E-state index is -4.54. The zero-order valence-electron chi connectivity index (χ0n) is 13.4. The molecule has 0 fully saturated rings. The fraction of sp³-hybridized carbons (Fsp3) is 0.235. The van der Waals surface area contributed by atoms with Gasteiger partial charge in [0.1, 0.15) is 0 Å². The molecule has 0 saturated heterocycles. The van der Waals surface area contributed by atoms with Crippen LogP contribution in [-0.2, 0) is 6.18 Å². The van der Waals surface area contributed by atoms with E-state index in [2.05, 4.69) is 0 Å². The van der Waals surface area contributed by atoms with E-state index in [0.717, 1.165) is 12.1 Å². The molecular weight excluding hydrogens is 337 g/mol. The van der Waals surface area contributed by atoms with E-state index in [0.29, 0.717) is 5.56 Å². The van der Waals surface area contributed by atoms with Gasteiger partial charge in [0.2, 0.25) is 0 Å². The third kappa shape index (κ3) is 4.14. The number of benzene rings is 2. The lowest BCUT2D eigenvalue weighted by molar-refractivity contribution is -0.384. The van der Waals surface area contributed by atoms with Crippen LogP contribution in [0.2, 0.25) is 0 Å². The molecule has 5 nitrogen and oxygen atoms in total. The molecule has 0 aliphatic rings. The Morgan fingerprint density at radius 3 is 2.40 bits per heavy atom. The van der Waals surface area contributed by atoms with Crippen LogP contribution >= 0.6 is 0 Å². The molecule has 0 aliphatic carbocycles. The van der Waals surface area contributed by atoms with Gasteiger partial charge in [-0.05, 0) is 30.7 Å². The van der Waals surface area contributed by atoms with Crippen molar-refractivity contribution >= 4 is 11.6 Å². The third-order valence-corrected chi connectivity index (χ3v) is 3.90. The van der Waals surface area contributed by atoms with Crippen molar-refractivity contribution in [2.75, 3.05) is 7.05 Å². The van der Waals surface area contributed by atoms with E-state index in [1.165, 1.54) is 42.3 Å². The van der Waals surface area contributed by atoms with E-state index in [1.807, 2.05) is 0 Å². The third-order valence-electron chi connectivity index (χ3n) is 3.90. The van der Waals surface area contributed by atoms with Crippen molar-refractivity contribution in [2.24, 2.45) is 0 Å². The second kappa shape index (κ2) is 6.92. The highest BCUT2D eigenvalue weighted by Crippen LogP contribution is 2.30. The van der Waals surface area contributed by atoms with E-state index >= 15 is 0 Å². The summed E-state index contributed by atoms with van der Waals surface area (Å²) in [6.45, 7) is 1.64. The number of carbonyl (C=O) groups is 1. The van der Waals surface area contributed by atoms with Gasteiger partial charge in [0.25, 0.3) is 11.6 Å². The maximum absolute atomic E-state index is 12.8. The number of non-ortho nitro benzene ring substituents is 1. The van der Waals surface area contributed by atoms with Gasteiger partial charge in [-0.3, -0.25) is 14.9 Å². The zero-order valence-corrected chi connectivity index (χ0v) is 13.4. The van der Waals surface area contributed by atoms with Crippen molar-refractivity contribution < 1.29 is 22.9 Å². The molecule has 0 aromatic heterocycles. The van der Waals surface area contributed by atoms with Crippen LogP contribution in [0, 0.1) is 10.1 Å². The van der Waals surface area contributed by atoms with Gasteiger partial charge in [-0.15, -0.1) is 0 Å². The number of nitro benzene ring substituents is 1. The number of carbonyl (C=O) groups excluding carboxylic acids is 1. The number of rotatable bonds is 4. The second-order valence-corrected chi connectivity index (χ2v) is 5.52. The molecule has 2 aromatic carbocycles. The predicted octanol–water partition coefficient (Wildman–Crippen LogP) is 4.45. The van der Waals surface area contributed by atoms with Gasteiger partial charge >= 0.3 is 6.18 Å². The standard InChI is InChI=1S/C17H15F3N2O3/c1-11(12-5-4-8-15(10-12)22(24)25)21(2)16(23)13-6-3-7-14(9-13)17(18,19)20/h3-11H,1-2H3/t11-/m0/s1. The summed E-state index contributed by atoms with van der Waals surface area (Å²) in [6.07, 6.45) is -4.54. The van der Waals surface area contributed by atoms with Crippen LogP contribution in [0.1, 0.15) is 34.5 Å². The maximum atomic E-state index is 12.8. The summed E-state index contributed by atoms with van der Waals surface area (Å²) in [5.41, 5.74) is -0.620. The first kappa shape index (κ1) is 18.4. The highest BCUT2D eigenvalue weighted by Gasteiger charge is 2.31. The average molecular weight is 352 g/mol. The molecule has 0 bridgehead atoms. The van der Waals surface area contributed by atoms with Gasteiger partial charge in [-0.1, -0.05) is 18.2 Å². The highest BCUT2D eigenvalue weighted by molar-refractivity contribution is 5.94. The molecule has 0 aliphatic heterocycles. The number of nitro groups is 1. The van der Waals surface area contributed by atoms with Crippen molar-refractivity contribution in [3.05, 3.63) is 75.3 Å². The monoisotopic (exact) mass is 352 g/mol. The SMILES string of the molecule is C[C@@H](c1cccc([N+](=O)[O-])c1)N(C)C(=O)c1cccc(C(F)(F)F)c1. The molecular formula is C17H15F3N2O3. The topological polar surface area (TPSA) is 63.5 Å². The molecule has 0 saturated carbocycles. The lowest BCUT2D eigenvalue weighted by Gasteiger charge is -2.25. The Morgan fingerprint density at radius 2 is 1.80 bits per heavy atom. The lowest BCUT2D eigenvalue weighted by Crippen LogP contribution is -2.30. The van der Waals surface area contributed by atoms with Crippen LogP contribution in [-0.4, -0.2) is 22.8 Å². The molecule has 1 atom stereocenters. The smallest absolute Gasteiger partial charge is 0.335 e. The molecule has 2 rings (SSSR count). The van der Waals surface area contributed by atoms with Crippen LogP contribution in [0.15, 0.2) is 48.5 Å². The quantitative estimate of drug-likeness (QED) is 0.603. The molecule has 8 heteroatoms. The van der Waals surface area contributed by atoms with Crippen molar-refractivity contribution in [1.82, 2.24) is 4.90 Å². The van der Waals surface area contributed by atoms with Crippen molar-refractivity contribution in [2.45, 2.75) is 19.1 Å². The zero-order chi connectivity index (χ0) is 18.8. The van der Waals surface area contributed by atoms with E-state index in [1.54, 1.807) is 13.0 Å². The van der Waals surface area contributed by atoms with Gasteiger partial charge in [0, 0.05) is 24.7 Å². The Hall–Kier alpha value is -2.90. The molecule has 1 amide bonds. The van der Waals surface area contributed by atoms with E-state index in [9.17, 15) is 28.1 Å². The predicted molar refractivity (Wildman–Crippen MR) is 85.0 cm³/mol. The summed E-state index contributed by atoms with van der Waals surface area (Å²) in [5, 5.41) is 10.9. The first-order chi connectivity index (χ1) is 11.6. The van der Waals surface area contributed by atoms with E-state index in [-0.39, 0.29) is 11.3 Å². The van der Waals surface area contributed by atoms with Gasteiger partial charge in [0.05, 0.1) is 16.5 Å². The largest absolute Gasteiger partial charge is 0.416 e. The fourth-order valence-electron chi connectivity index (χ4n) is 2.33. The summed E-state index contributed by atoms with van der Waals surface area (Å²) in [4.78, 5) is 24.0. The lowest BCUT2D eigenvalue weighted by atomic mass is 10.0. The Balaban J connectivity index is 2.28. The summed E-state index contributed by atoms with van der Waals surface area (Å²) >= 11 is 0. The summed E-state index contributed by atoms with van der Waals surface area (Å²) in [7, 11) is 1.44. The minimum Gasteiger partial charge on any atom is -0.335 e. The molecule has 0 N–H and O–H groups in total. The summed E-state index contributed by atoms with van der Waals surface area (Å²) in [5.74, 6) is -0.606. The van der Waals surface area contributed by atoms with Gasteiger partial charge in [-0.25, -0.2) is 0 Å². The Bertz CT molecular complexity index is 806. The van der Waals surface area contributed by atoms with E-state index in [4.69, 9.17) is 0 Å². The first-order valence-electron chi connectivity index (χ1n) is 7.30. The molecule has 0 spiro atoms. The summed E-state index contributed by atoms with van der Waals surface area (Å²) < 4.78 is 38.4. The summed E-state index contributed by atoms with van der Waals surface area (Å²) in [6, 6.07) is 9.36. The minimum absolute atomic E-state index is 0.102. The highest BCUT2D eigenvalue weighted by atomic mass is 19.4. The molecule has 2 aromatic rings. The number of nitrogens with zero attached hydrogens (tertiary/aromatic N) is 2. The van der Waals surface area contributed by atoms with Crippen LogP contribution in [0.3, 0.4) is 0 Å². The first-order valence-corrected chi connectivity index (χ1v) is 7.30. The van der Waals surface area contributed by atoms with Crippen LogP contribution in [0.5, 0.6) is 0 Å². The van der Waals surface area contributed by atoms with Crippen molar-refractivity contribution in [3.8, 4) is 0 Å². The number of hydrogen-bond donors (Lipinski definition) is 0. The van der Waals surface area contributed by atoms with Crippen molar-refractivity contribution in [1.29, 1.82) is 0 Å². The normalized spacial score (nSPS) is 12.5. The number of hydrogen-bond acceptors (Lipinski definition) is 3. The Morgan fingerprint density at radius 1 is 1.16 bits per heavy atom. The van der Waals surface area contributed by atoms with Crippen molar-refractivity contribution in [3.63, 3.8) is 0 Å². The van der Waals surface area contributed by atoms with Crippen LogP contribution < -0.4 is 0 Å². The van der Waals surface area contributed by atoms with Gasteiger partial charge in [0.15, 0.2) is 0 Å². The van der Waals surface area contributed by atoms with E-state index < -0.39 is 28.6 Å². The molecule has 0 radical (unpaired) electrons. The Labute approximate surface area is 141 Å². The molecule has 0 unspecified atom stereocenters. The molecule has 25 heavy (non-hydrogen) atoms. The Kier molecular flexibility index (Phi) is 5.10. The van der Waals surface area contributed by atoms with Gasteiger partial charge in [-0.2, -0.15) is 13.2 Å². The average Bonchev–Trinajstić information content (AvgIpc) is 2.59. The maximum Gasteiger partial charge on any atom is 0.416 e. The molecule has 132 valence electrons. The number of amides is 1. The van der Waals surface area contributed by atoms with Crippen LogP contribution in [0.25, 0.3) is 0 Å². The number of halogens is 3. The molecule has 0 heterocycles.